The maximum absolute atomic E-state index is 12.0. The quantitative estimate of drug-likeness (QED) is 0.833. The predicted octanol–water partition coefficient (Wildman–Crippen LogP) is 2.52. The number of nitrogens with one attached hydrogen (secondary N) is 1. The molecule has 0 atom stereocenters. The summed E-state index contributed by atoms with van der Waals surface area (Å²) in [5.41, 5.74) is 0.799. The number of carbonyl (C=O) groups is 1. The minimum absolute atomic E-state index is 0.0311. The van der Waals surface area contributed by atoms with Gasteiger partial charge in [-0.2, -0.15) is 0 Å². The van der Waals surface area contributed by atoms with Crippen molar-refractivity contribution in [1.82, 2.24) is 5.32 Å². The fourth-order valence-electron chi connectivity index (χ4n) is 2.20. The zero-order valence-electron chi connectivity index (χ0n) is 10.5. The van der Waals surface area contributed by atoms with E-state index in [1.165, 1.54) is 0 Å². The molecule has 0 aromatic heterocycles. The third-order valence-electron chi connectivity index (χ3n) is 3.47. The standard InChI is InChI=1S/C14H18ClNO2/c1-18-12-5-2-4-11(8-12)9-13(17)16-14(10-15)6-3-7-14/h2,4-5,8H,3,6-7,9-10H2,1H3,(H,16,17). The Bertz CT molecular complexity index is 424. The molecule has 1 aliphatic rings. The first-order valence-electron chi connectivity index (χ1n) is 6.17. The SMILES string of the molecule is COc1cccc(CC(=O)NC2(CCl)CCC2)c1. The van der Waals surface area contributed by atoms with Crippen molar-refractivity contribution in [3.8, 4) is 5.75 Å². The summed E-state index contributed by atoms with van der Waals surface area (Å²) in [6, 6.07) is 7.57. The third kappa shape index (κ3) is 2.96. The van der Waals surface area contributed by atoms with Crippen LogP contribution in [-0.2, 0) is 11.2 Å². The van der Waals surface area contributed by atoms with E-state index in [0.29, 0.717) is 12.3 Å². The van der Waals surface area contributed by atoms with E-state index in [-0.39, 0.29) is 11.4 Å². The largest absolute Gasteiger partial charge is 0.497 e. The number of halogens is 1. The lowest BCUT2D eigenvalue weighted by molar-refractivity contribution is -0.123. The van der Waals surface area contributed by atoms with E-state index in [0.717, 1.165) is 30.6 Å². The second kappa shape index (κ2) is 5.61. The Kier molecular flexibility index (Phi) is 4.12. The Morgan fingerprint density at radius 2 is 2.28 bits per heavy atom. The summed E-state index contributed by atoms with van der Waals surface area (Å²) in [5, 5.41) is 3.05. The highest BCUT2D eigenvalue weighted by molar-refractivity contribution is 6.18. The number of carbonyl (C=O) groups excluding carboxylic acids is 1. The van der Waals surface area contributed by atoms with Gasteiger partial charge in [-0.15, -0.1) is 11.6 Å². The van der Waals surface area contributed by atoms with Crippen LogP contribution in [0.3, 0.4) is 0 Å². The van der Waals surface area contributed by atoms with E-state index < -0.39 is 0 Å². The van der Waals surface area contributed by atoms with Crippen LogP contribution < -0.4 is 10.1 Å². The van der Waals surface area contributed by atoms with Gasteiger partial charge in [0, 0.05) is 5.88 Å². The molecular formula is C14H18ClNO2. The Labute approximate surface area is 112 Å². The lowest BCUT2D eigenvalue weighted by Crippen LogP contribution is -2.55. The van der Waals surface area contributed by atoms with Gasteiger partial charge in [0.2, 0.25) is 5.91 Å². The van der Waals surface area contributed by atoms with Gasteiger partial charge in [-0.1, -0.05) is 12.1 Å². The summed E-state index contributed by atoms with van der Waals surface area (Å²) in [7, 11) is 1.62. The van der Waals surface area contributed by atoms with Crippen molar-refractivity contribution in [1.29, 1.82) is 0 Å². The molecule has 1 amide bonds. The van der Waals surface area contributed by atoms with Gasteiger partial charge in [0.15, 0.2) is 0 Å². The molecule has 0 unspecified atom stereocenters. The van der Waals surface area contributed by atoms with E-state index in [9.17, 15) is 4.79 Å². The molecule has 1 aromatic rings. The van der Waals surface area contributed by atoms with Crippen molar-refractivity contribution in [3.05, 3.63) is 29.8 Å². The molecule has 1 N–H and O–H groups in total. The van der Waals surface area contributed by atoms with Crippen molar-refractivity contribution in [2.75, 3.05) is 13.0 Å². The van der Waals surface area contributed by atoms with Crippen LogP contribution in [0.1, 0.15) is 24.8 Å². The van der Waals surface area contributed by atoms with Crippen LogP contribution in [0, 0.1) is 0 Å². The van der Waals surface area contributed by atoms with Crippen LogP contribution in [0.5, 0.6) is 5.75 Å². The average molecular weight is 268 g/mol. The molecule has 98 valence electrons. The van der Waals surface area contributed by atoms with Crippen LogP contribution >= 0.6 is 11.6 Å². The van der Waals surface area contributed by atoms with Crippen molar-refractivity contribution in [2.24, 2.45) is 0 Å². The van der Waals surface area contributed by atoms with Gasteiger partial charge in [0.25, 0.3) is 0 Å². The smallest absolute Gasteiger partial charge is 0.224 e. The van der Waals surface area contributed by atoms with E-state index in [2.05, 4.69) is 5.32 Å². The van der Waals surface area contributed by atoms with Gasteiger partial charge >= 0.3 is 0 Å². The maximum Gasteiger partial charge on any atom is 0.224 e. The first-order valence-corrected chi connectivity index (χ1v) is 6.71. The van der Waals surface area contributed by atoms with Crippen LogP contribution in [0.25, 0.3) is 0 Å². The van der Waals surface area contributed by atoms with Crippen molar-refractivity contribution < 1.29 is 9.53 Å². The first-order chi connectivity index (χ1) is 8.67. The number of amides is 1. The van der Waals surface area contributed by atoms with Gasteiger partial charge in [0.1, 0.15) is 5.75 Å². The molecule has 3 nitrogen and oxygen atoms in total. The molecule has 0 radical (unpaired) electrons. The van der Waals surface area contributed by atoms with Crippen molar-refractivity contribution in [3.63, 3.8) is 0 Å². The highest BCUT2D eigenvalue weighted by Gasteiger charge is 2.37. The van der Waals surface area contributed by atoms with Gasteiger partial charge in [-0.25, -0.2) is 0 Å². The normalized spacial score (nSPS) is 16.8. The number of ether oxygens (including phenoxy) is 1. The molecule has 1 aromatic carbocycles. The lowest BCUT2D eigenvalue weighted by Gasteiger charge is -2.41. The van der Waals surface area contributed by atoms with Crippen LogP contribution in [0.2, 0.25) is 0 Å². The topological polar surface area (TPSA) is 38.3 Å². The summed E-state index contributed by atoms with van der Waals surface area (Å²) in [6.07, 6.45) is 3.49. The number of benzene rings is 1. The van der Waals surface area contributed by atoms with Crippen molar-refractivity contribution >= 4 is 17.5 Å². The Balaban J connectivity index is 1.94. The fourth-order valence-corrected chi connectivity index (χ4v) is 2.54. The van der Waals surface area contributed by atoms with Crippen LogP contribution in [-0.4, -0.2) is 24.4 Å². The predicted molar refractivity (Wildman–Crippen MR) is 72.1 cm³/mol. The highest BCUT2D eigenvalue weighted by Crippen LogP contribution is 2.32. The number of hydrogen-bond donors (Lipinski definition) is 1. The first kappa shape index (κ1) is 13.2. The van der Waals surface area contributed by atoms with E-state index in [1.807, 2.05) is 24.3 Å². The van der Waals surface area contributed by atoms with E-state index >= 15 is 0 Å². The van der Waals surface area contributed by atoms with Crippen LogP contribution in [0.4, 0.5) is 0 Å². The third-order valence-corrected chi connectivity index (χ3v) is 3.98. The zero-order valence-corrected chi connectivity index (χ0v) is 11.3. The molecule has 1 saturated carbocycles. The summed E-state index contributed by atoms with van der Waals surface area (Å²) >= 11 is 5.92. The molecule has 1 aliphatic carbocycles. The molecule has 0 bridgehead atoms. The molecular weight excluding hydrogens is 250 g/mol. The van der Waals surface area contributed by atoms with Crippen LogP contribution in [0.15, 0.2) is 24.3 Å². The molecule has 1 fully saturated rings. The molecule has 0 saturated heterocycles. The Morgan fingerprint density at radius 3 is 2.83 bits per heavy atom. The number of alkyl halides is 1. The minimum atomic E-state index is -0.155. The van der Waals surface area contributed by atoms with Gasteiger partial charge in [-0.05, 0) is 37.0 Å². The fraction of sp³-hybridized carbons (Fsp3) is 0.500. The van der Waals surface area contributed by atoms with E-state index in [4.69, 9.17) is 16.3 Å². The highest BCUT2D eigenvalue weighted by atomic mass is 35.5. The molecule has 0 aliphatic heterocycles. The number of methoxy groups -OCH3 is 1. The van der Waals surface area contributed by atoms with E-state index in [1.54, 1.807) is 7.11 Å². The van der Waals surface area contributed by atoms with Gasteiger partial charge < -0.3 is 10.1 Å². The molecule has 0 heterocycles. The van der Waals surface area contributed by atoms with Gasteiger partial charge in [-0.3, -0.25) is 4.79 Å². The molecule has 0 spiro atoms. The summed E-state index contributed by atoms with van der Waals surface area (Å²) in [4.78, 5) is 12.0. The second-order valence-electron chi connectivity index (χ2n) is 4.84. The summed E-state index contributed by atoms with van der Waals surface area (Å²) < 4.78 is 5.14. The van der Waals surface area contributed by atoms with Crippen molar-refractivity contribution in [2.45, 2.75) is 31.2 Å². The molecule has 2 rings (SSSR count). The summed E-state index contributed by atoms with van der Waals surface area (Å²) in [5.74, 6) is 1.30. The van der Waals surface area contributed by atoms with Gasteiger partial charge in [0.05, 0.1) is 19.1 Å². The minimum Gasteiger partial charge on any atom is -0.497 e. The molecule has 18 heavy (non-hydrogen) atoms. The zero-order chi connectivity index (χ0) is 13.0. The average Bonchev–Trinajstić information content (AvgIpc) is 2.34. The summed E-state index contributed by atoms with van der Waals surface area (Å²) in [6.45, 7) is 0. The maximum atomic E-state index is 12.0. The Morgan fingerprint density at radius 1 is 1.50 bits per heavy atom. The lowest BCUT2D eigenvalue weighted by atomic mass is 9.78. The monoisotopic (exact) mass is 267 g/mol. The number of rotatable bonds is 5. The molecule has 4 heteroatoms. The Hall–Kier alpha value is -1.22. The second-order valence-corrected chi connectivity index (χ2v) is 5.11. The number of hydrogen-bond acceptors (Lipinski definition) is 2.